The molecule has 20 heavy (non-hydrogen) atoms. The van der Waals surface area contributed by atoms with Crippen molar-refractivity contribution in [1.82, 2.24) is 4.98 Å². The van der Waals surface area contributed by atoms with Crippen molar-refractivity contribution in [3.63, 3.8) is 0 Å². The van der Waals surface area contributed by atoms with E-state index in [0.29, 0.717) is 0 Å². The second kappa shape index (κ2) is 5.73. The molecule has 0 saturated heterocycles. The number of rotatable bonds is 4. The molecule has 6 heteroatoms. The number of amides is 1. The van der Waals surface area contributed by atoms with Gasteiger partial charge in [0.15, 0.2) is 0 Å². The van der Waals surface area contributed by atoms with Gasteiger partial charge in [0.2, 0.25) is 5.91 Å². The Morgan fingerprint density at radius 1 is 1.20 bits per heavy atom. The summed E-state index contributed by atoms with van der Waals surface area (Å²) in [5, 5.41) is 0. The molecule has 1 atom stereocenters. The first-order valence-electron chi connectivity index (χ1n) is 5.78. The third-order valence-electron chi connectivity index (χ3n) is 2.85. The van der Waals surface area contributed by atoms with Crippen LogP contribution in [0.1, 0.15) is 29.2 Å². The number of nitrogens with two attached hydrogens (primary N) is 1. The van der Waals surface area contributed by atoms with E-state index in [1.54, 1.807) is 0 Å². The molecule has 104 valence electrons. The Hall–Kier alpha value is -2.37. The first kappa shape index (κ1) is 14.0. The highest BCUT2D eigenvalue weighted by molar-refractivity contribution is 5.85. The van der Waals surface area contributed by atoms with E-state index in [1.165, 1.54) is 24.3 Å². The van der Waals surface area contributed by atoms with Crippen LogP contribution in [0.5, 0.6) is 0 Å². The minimum Gasteiger partial charge on any atom is -0.369 e. The van der Waals surface area contributed by atoms with Crippen LogP contribution in [0.25, 0.3) is 0 Å². The molecule has 0 saturated carbocycles. The standard InChI is InChI=1S/C14H11F3N2O/c15-10-4-2-1-3-9(10)12(14(18)20)11-7-8(13(16)17)5-6-19-11/h1-7,12-13H,(H2,18,20). The summed E-state index contributed by atoms with van der Waals surface area (Å²) in [5.41, 5.74) is 4.98. The van der Waals surface area contributed by atoms with Crippen LogP contribution in [0.4, 0.5) is 13.2 Å². The first-order valence-corrected chi connectivity index (χ1v) is 5.78. The van der Waals surface area contributed by atoms with E-state index in [9.17, 15) is 18.0 Å². The van der Waals surface area contributed by atoms with E-state index in [2.05, 4.69) is 4.98 Å². The van der Waals surface area contributed by atoms with Crippen molar-refractivity contribution in [1.29, 1.82) is 0 Å². The smallest absolute Gasteiger partial charge is 0.263 e. The van der Waals surface area contributed by atoms with Crippen LogP contribution in [0.3, 0.4) is 0 Å². The lowest BCUT2D eigenvalue weighted by molar-refractivity contribution is -0.118. The van der Waals surface area contributed by atoms with Crippen LogP contribution >= 0.6 is 0 Å². The summed E-state index contributed by atoms with van der Waals surface area (Å²) in [4.78, 5) is 15.4. The molecule has 1 aromatic heterocycles. The minimum atomic E-state index is -2.70. The van der Waals surface area contributed by atoms with E-state index in [1.807, 2.05) is 0 Å². The molecule has 1 heterocycles. The number of carbonyl (C=O) groups is 1. The first-order chi connectivity index (χ1) is 9.50. The zero-order chi connectivity index (χ0) is 14.7. The molecule has 0 fully saturated rings. The second-order valence-electron chi connectivity index (χ2n) is 4.17. The number of alkyl halides is 2. The summed E-state index contributed by atoms with van der Waals surface area (Å²) in [5.74, 6) is -2.69. The number of halogens is 3. The van der Waals surface area contributed by atoms with Crippen molar-refractivity contribution in [2.75, 3.05) is 0 Å². The molecule has 2 N–H and O–H groups in total. The summed E-state index contributed by atoms with van der Waals surface area (Å²) < 4.78 is 39.1. The summed E-state index contributed by atoms with van der Waals surface area (Å²) in [6.07, 6.45) is -1.56. The Bertz CT molecular complexity index is 631. The minimum absolute atomic E-state index is 0.000370. The zero-order valence-electron chi connectivity index (χ0n) is 10.3. The fourth-order valence-corrected chi connectivity index (χ4v) is 1.93. The monoisotopic (exact) mass is 280 g/mol. The topological polar surface area (TPSA) is 56.0 Å². The third-order valence-corrected chi connectivity index (χ3v) is 2.85. The molecule has 0 aliphatic heterocycles. The summed E-state index contributed by atoms with van der Waals surface area (Å²) in [7, 11) is 0. The zero-order valence-corrected chi connectivity index (χ0v) is 10.3. The molecule has 0 spiro atoms. The number of nitrogens with zero attached hydrogens (tertiary/aromatic N) is 1. The van der Waals surface area contributed by atoms with Gasteiger partial charge in [0.1, 0.15) is 11.7 Å². The lowest BCUT2D eigenvalue weighted by Crippen LogP contribution is -2.24. The van der Waals surface area contributed by atoms with Crippen LogP contribution in [0, 0.1) is 5.82 Å². The van der Waals surface area contributed by atoms with Crippen LogP contribution in [0.15, 0.2) is 42.6 Å². The Labute approximate surface area is 113 Å². The summed E-state index contributed by atoms with van der Waals surface area (Å²) in [6.45, 7) is 0. The molecule has 0 aliphatic rings. The number of aromatic nitrogens is 1. The molecule has 1 aromatic carbocycles. The molecule has 1 unspecified atom stereocenters. The number of benzene rings is 1. The SMILES string of the molecule is NC(=O)C(c1cc(C(F)F)ccn1)c1ccccc1F. The molecule has 1 amide bonds. The van der Waals surface area contributed by atoms with Crippen molar-refractivity contribution in [2.45, 2.75) is 12.3 Å². The van der Waals surface area contributed by atoms with Crippen molar-refractivity contribution < 1.29 is 18.0 Å². The van der Waals surface area contributed by atoms with Gasteiger partial charge in [0.25, 0.3) is 6.43 Å². The third kappa shape index (κ3) is 2.79. The predicted octanol–water partition coefficient (Wildman–Crippen LogP) is 2.78. The number of carbonyl (C=O) groups excluding carboxylic acids is 1. The summed E-state index contributed by atoms with van der Waals surface area (Å²) in [6, 6.07) is 7.73. The largest absolute Gasteiger partial charge is 0.369 e. The molecular weight excluding hydrogens is 269 g/mol. The fourth-order valence-electron chi connectivity index (χ4n) is 1.93. The van der Waals surface area contributed by atoms with Gasteiger partial charge >= 0.3 is 0 Å². The number of hydrogen-bond donors (Lipinski definition) is 1. The van der Waals surface area contributed by atoms with Gasteiger partial charge in [-0.15, -0.1) is 0 Å². The Morgan fingerprint density at radius 3 is 2.50 bits per heavy atom. The Kier molecular flexibility index (Phi) is 4.02. The van der Waals surface area contributed by atoms with Crippen LogP contribution in [0.2, 0.25) is 0 Å². The van der Waals surface area contributed by atoms with Gasteiger partial charge < -0.3 is 5.73 Å². The lowest BCUT2D eigenvalue weighted by atomic mass is 9.93. The van der Waals surface area contributed by atoms with Gasteiger partial charge in [-0.05, 0) is 18.2 Å². The normalized spacial score (nSPS) is 12.4. The molecule has 0 bridgehead atoms. The van der Waals surface area contributed by atoms with Gasteiger partial charge in [-0.3, -0.25) is 9.78 Å². The van der Waals surface area contributed by atoms with Crippen LogP contribution in [-0.4, -0.2) is 10.9 Å². The van der Waals surface area contributed by atoms with Crippen LogP contribution in [-0.2, 0) is 4.79 Å². The Balaban J connectivity index is 2.52. The maximum Gasteiger partial charge on any atom is 0.263 e. The average Bonchev–Trinajstić information content (AvgIpc) is 2.41. The average molecular weight is 280 g/mol. The van der Waals surface area contributed by atoms with E-state index < -0.39 is 24.1 Å². The molecule has 2 rings (SSSR count). The molecular formula is C14H11F3N2O. The molecule has 0 radical (unpaired) electrons. The van der Waals surface area contributed by atoms with E-state index >= 15 is 0 Å². The van der Waals surface area contributed by atoms with Crippen LogP contribution < -0.4 is 5.73 Å². The predicted molar refractivity (Wildman–Crippen MR) is 66.6 cm³/mol. The maximum atomic E-state index is 13.8. The van der Waals surface area contributed by atoms with Gasteiger partial charge in [0, 0.05) is 17.3 Å². The van der Waals surface area contributed by atoms with Gasteiger partial charge in [0.05, 0.1) is 5.69 Å². The highest BCUT2D eigenvalue weighted by Crippen LogP contribution is 2.28. The number of pyridine rings is 1. The molecule has 2 aromatic rings. The van der Waals surface area contributed by atoms with Crippen molar-refractivity contribution in [2.24, 2.45) is 5.73 Å². The highest BCUT2D eigenvalue weighted by atomic mass is 19.3. The Morgan fingerprint density at radius 2 is 1.90 bits per heavy atom. The van der Waals surface area contributed by atoms with Crippen molar-refractivity contribution >= 4 is 5.91 Å². The van der Waals surface area contributed by atoms with Gasteiger partial charge in [-0.25, -0.2) is 13.2 Å². The van der Waals surface area contributed by atoms with Crippen molar-refractivity contribution in [3.8, 4) is 0 Å². The maximum absolute atomic E-state index is 13.8. The van der Waals surface area contributed by atoms with Crippen molar-refractivity contribution in [3.05, 3.63) is 65.2 Å². The molecule has 3 nitrogen and oxygen atoms in total. The molecule has 0 aliphatic carbocycles. The van der Waals surface area contributed by atoms with Gasteiger partial charge in [-0.2, -0.15) is 0 Å². The van der Waals surface area contributed by atoms with E-state index in [-0.39, 0.29) is 16.8 Å². The van der Waals surface area contributed by atoms with Gasteiger partial charge in [-0.1, -0.05) is 18.2 Å². The quantitative estimate of drug-likeness (QED) is 0.936. The fraction of sp³-hybridized carbons (Fsp3) is 0.143. The number of primary amides is 1. The van der Waals surface area contributed by atoms with E-state index in [4.69, 9.17) is 5.73 Å². The van der Waals surface area contributed by atoms with E-state index in [0.717, 1.165) is 18.3 Å². The highest BCUT2D eigenvalue weighted by Gasteiger charge is 2.25. The lowest BCUT2D eigenvalue weighted by Gasteiger charge is -2.15. The number of hydrogen-bond acceptors (Lipinski definition) is 2. The second-order valence-corrected chi connectivity index (χ2v) is 4.17. The summed E-state index contributed by atoms with van der Waals surface area (Å²) >= 11 is 0.